The van der Waals surface area contributed by atoms with Gasteiger partial charge in [0.05, 0.1) is 5.69 Å². The zero-order valence-electron chi connectivity index (χ0n) is 10.3. The van der Waals surface area contributed by atoms with Crippen molar-refractivity contribution in [2.75, 3.05) is 13.1 Å². The third kappa shape index (κ3) is 1.49. The summed E-state index contributed by atoms with van der Waals surface area (Å²) in [5.41, 5.74) is 3.02. The summed E-state index contributed by atoms with van der Waals surface area (Å²) in [6, 6.07) is 0. The maximum atomic E-state index is 4.88. The third-order valence-corrected chi connectivity index (χ3v) is 4.38. The fourth-order valence-corrected chi connectivity index (χ4v) is 3.02. The largest absolute Gasteiger partial charge is 0.345 e. The maximum absolute atomic E-state index is 4.88. The summed E-state index contributed by atoms with van der Waals surface area (Å²) in [4.78, 5) is 8.48. The zero-order valence-corrected chi connectivity index (χ0v) is 10.3. The number of aromatic amines is 1. The van der Waals surface area contributed by atoms with Gasteiger partial charge < -0.3 is 10.3 Å². The van der Waals surface area contributed by atoms with Gasteiger partial charge in [-0.05, 0) is 38.8 Å². The van der Waals surface area contributed by atoms with E-state index in [2.05, 4.69) is 24.1 Å². The summed E-state index contributed by atoms with van der Waals surface area (Å²) < 4.78 is 0. The van der Waals surface area contributed by atoms with Gasteiger partial charge in [0.1, 0.15) is 5.82 Å². The quantitative estimate of drug-likeness (QED) is 0.759. The van der Waals surface area contributed by atoms with E-state index in [0.717, 1.165) is 13.1 Å². The first-order chi connectivity index (χ1) is 7.69. The lowest BCUT2D eigenvalue weighted by Gasteiger charge is -2.32. The number of aryl methyl sites for hydroxylation is 1. The van der Waals surface area contributed by atoms with E-state index in [1.54, 1.807) is 0 Å². The molecular weight excluding hydrogens is 198 g/mol. The topological polar surface area (TPSA) is 40.7 Å². The number of imidazole rings is 1. The molecule has 1 atom stereocenters. The van der Waals surface area contributed by atoms with Crippen LogP contribution in [0.2, 0.25) is 0 Å². The number of piperidine rings is 1. The van der Waals surface area contributed by atoms with E-state index in [4.69, 9.17) is 4.98 Å². The predicted octanol–water partition coefficient (Wildman–Crippen LogP) is 2.10. The van der Waals surface area contributed by atoms with Crippen LogP contribution in [-0.2, 0) is 11.8 Å². The van der Waals surface area contributed by atoms with Gasteiger partial charge in [-0.1, -0.05) is 13.8 Å². The average Bonchev–Trinajstić information content (AvgIpc) is 2.83. The molecule has 2 aliphatic rings. The van der Waals surface area contributed by atoms with Gasteiger partial charge >= 0.3 is 0 Å². The van der Waals surface area contributed by atoms with Crippen molar-refractivity contribution in [2.24, 2.45) is 0 Å². The summed E-state index contributed by atoms with van der Waals surface area (Å²) in [5, 5.41) is 3.43. The predicted molar refractivity (Wildman–Crippen MR) is 64.8 cm³/mol. The minimum atomic E-state index is 0.273. The molecule has 0 bridgehead atoms. The Hall–Kier alpha value is -0.830. The van der Waals surface area contributed by atoms with Crippen molar-refractivity contribution in [3.63, 3.8) is 0 Å². The van der Waals surface area contributed by atoms with Crippen molar-refractivity contribution in [3.8, 4) is 0 Å². The van der Waals surface area contributed by atoms with Crippen molar-refractivity contribution in [3.05, 3.63) is 17.2 Å². The van der Waals surface area contributed by atoms with Gasteiger partial charge in [-0.25, -0.2) is 4.98 Å². The number of hydrogen-bond donors (Lipinski definition) is 2. The Bertz CT molecular complexity index is 388. The van der Waals surface area contributed by atoms with Crippen LogP contribution in [0.3, 0.4) is 0 Å². The Balaban J connectivity index is 1.92. The van der Waals surface area contributed by atoms with Crippen LogP contribution in [-0.4, -0.2) is 23.1 Å². The molecule has 3 nitrogen and oxygen atoms in total. The molecule has 1 saturated heterocycles. The molecule has 88 valence electrons. The summed E-state index contributed by atoms with van der Waals surface area (Å²) in [6.07, 6.45) is 4.87. The van der Waals surface area contributed by atoms with E-state index < -0.39 is 0 Å². The van der Waals surface area contributed by atoms with E-state index in [1.807, 2.05) is 0 Å². The molecule has 1 aliphatic carbocycles. The Kier molecular flexibility index (Phi) is 2.32. The van der Waals surface area contributed by atoms with E-state index in [1.165, 1.54) is 42.9 Å². The first kappa shape index (κ1) is 10.3. The molecule has 1 aliphatic heterocycles. The van der Waals surface area contributed by atoms with E-state index >= 15 is 0 Å². The highest BCUT2D eigenvalue weighted by Crippen LogP contribution is 2.36. The second kappa shape index (κ2) is 3.59. The van der Waals surface area contributed by atoms with Crippen LogP contribution in [0.1, 0.15) is 56.2 Å². The van der Waals surface area contributed by atoms with Crippen LogP contribution in [0.4, 0.5) is 0 Å². The molecule has 1 unspecified atom stereocenters. The summed E-state index contributed by atoms with van der Waals surface area (Å²) in [7, 11) is 0. The summed E-state index contributed by atoms with van der Waals surface area (Å²) in [5.74, 6) is 1.90. The van der Waals surface area contributed by atoms with Gasteiger partial charge in [-0.3, -0.25) is 0 Å². The molecular formula is C13H21N3. The number of rotatable bonds is 1. The van der Waals surface area contributed by atoms with Crippen molar-refractivity contribution in [1.82, 2.24) is 15.3 Å². The van der Waals surface area contributed by atoms with Gasteiger partial charge in [-0.15, -0.1) is 0 Å². The lowest BCUT2D eigenvalue weighted by Crippen LogP contribution is -2.38. The molecule has 0 spiro atoms. The number of aromatic nitrogens is 2. The minimum absolute atomic E-state index is 0.273. The fourth-order valence-electron chi connectivity index (χ4n) is 3.02. The maximum Gasteiger partial charge on any atom is 0.112 e. The van der Waals surface area contributed by atoms with Crippen LogP contribution in [0, 0.1) is 0 Å². The molecule has 1 aromatic heterocycles. The van der Waals surface area contributed by atoms with E-state index in [-0.39, 0.29) is 5.41 Å². The lowest BCUT2D eigenvalue weighted by atomic mass is 9.80. The molecule has 1 fully saturated rings. The fraction of sp³-hybridized carbons (Fsp3) is 0.769. The minimum Gasteiger partial charge on any atom is -0.345 e. The van der Waals surface area contributed by atoms with Gasteiger partial charge in [0.2, 0.25) is 0 Å². The molecule has 3 rings (SSSR count). The van der Waals surface area contributed by atoms with Crippen LogP contribution in [0.15, 0.2) is 0 Å². The Labute approximate surface area is 97.0 Å². The molecule has 0 aromatic carbocycles. The highest BCUT2D eigenvalue weighted by atomic mass is 15.0. The van der Waals surface area contributed by atoms with E-state index in [0.29, 0.717) is 5.92 Å². The molecule has 2 heterocycles. The first-order valence-electron chi connectivity index (χ1n) is 6.49. The van der Waals surface area contributed by atoms with E-state index in [9.17, 15) is 0 Å². The Morgan fingerprint density at radius 1 is 1.31 bits per heavy atom. The average molecular weight is 219 g/mol. The second-order valence-electron chi connectivity index (χ2n) is 5.70. The lowest BCUT2D eigenvalue weighted by molar-refractivity contribution is 0.320. The van der Waals surface area contributed by atoms with Crippen LogP contribution < -0.4 is 5.32 Å². The van der Waals surface area contributed by atoms with Crippen molar-refractivity contribution >= 4 is 0 Å². The first-order valence-corrected chi connectivity index (χ1v) is 6.49. The number of hydrogen-bond acceptors (Lipinski definition) is 2. The number of nitrogens with zero attached hydrogens (tertiary/aromatic N) is 1. The van der Waals surface area contributed by atoms with Gasteiger partial charge in [0, 0.05) is 17.0 Å². The molecule has 0 radical (unpaired) electrons. The Morgan fingerprint density at radius 2 is 2.06 bits per heavy atom. The van der Waals surface area contributed by atoms with Gasteiger partial charge in [0.15, 0.2) is 0 Å². The number of fused-ring (bicyclic) bond motifs is 1. The summed E-state index contributed by atoms with van der Waals surface area (Å²) >= 11 is 0. The monoisotopic (exact) mass is 219 g/mol. The van der Waals surface area contributed by atoms with Crippen LogP contribution in [0.5, 0.6) is 0 Å². The number of nitrogens with one attached hydrogen (secondary N) is 2. The normalized spacial score (nSPS) is 28.0. The Morgan fingerprint density at radius 3 is 2.75 bits per heavy atom. The molecule has 1 aromatic rings. The standard InChI is InChI=1S/C13H21N3/c1-9-3-4-10-11(9)16-12(15-10)13(2)5-7-14-8-6-13/h9,14H,3-8H2,1-2H3,(H,15,16). The van der Waals surface area contributed by atoms with Crippen molar-refractivity contribution < 1.29 is 0 Å². The van der Waals surface area contributed by atoms with Crippen LogP contribution in [0.25, 0.3) is 0 Å². The molecule has 0 saturated carbocycles. The highest BCUT2D eigenvalue weighted by Gasteiger charge is 2.34. The third-order valence-electron chi connectivity index (χ3n) is 4.38. The second-order valence-corrected chi connectivity index (χ2v) is 5.70. The van der Waals surface area contributed by atoms with Gasteiger partial charge in [-0.2, -0.15) is 0 Å². The molecule has 0 amide bonds. The zero-order chi connectivity index (χ0) is 11.2. The highest BCUT2D eigenvalue weighted by molar-refractivity contribution is 5.27. The van der Waals surface area contributed by atoms with Gasteiger partial charge in [0.25, 0.3) is 0 Å². The van der Waals surface area contributed by atoms with Crippen molar-refractivity contribution in [2.45, 2.75) is 50.9 Å². The number of H-pyrrole nitrogens is 1. The molecule has 16 heavy (non-hydrogen) atoms. The molecule has 3 heteroatoms. The smallest absolute Gasteiger partial charge is 0.112 e. The SMILES string of the molecule is CC1CCc2[nH]c(C3(C)CCNCC3)nc21. The molecule has 2 N–H and O–H groups in total. The van der Waals surface area contributed by atoms with Crippen molar-refractivity contribution in [1.29, 1.82) is 0 Å². The summed E-state index contributed by atoms with van der Waals surface area (Å²) in [6.45, 7) is 6.89. The van der Waals surface area contributed by atoms with Crippen LogP contribution >= 0.6 is 0 Å².